The average Bonchev–Trinajstić information content (AvgIpc) is 3.01. The van der Waals surface area contributed by atoms with Gasteiger partial charge >= 0.3 is 0 Å². The molecule has 168 valence electrons. The fraction of sp³-hybridized carbons (Fsp3) is 0.692. The number of aliphatic hydroxyl groups is 2. The lowest BCUT2D eigenvalue weighted by Crippen LogP contribution is -2.72. The fourth-order valence-corrected chi connectivity index (χ4v) is 8.68. The molecule has 0 aromatic carbocycles. The van der Waals surface area contributed by atoms with E-state index in [1.165, 1.54) is 5.57 Å². The number of aliphatic hydroxyl groups excluding tert-OH is 2. The van der Waals surface area contributed by atoms with Crippen LogP contribution in [-0.4, -0.2) is 33.3 Å². The zero-order valence-electron chi connectivity index (χ0n) is 19.0. The number of aromatic nitrogens is 1. The van der Waals surface area contributed by atoms with Crippen molar-refractivity contribution in [3.63, 3.8) is 0 Å². The molecule has 0 radical (unpaired) electrons. The van der Waals surface area contributed by atoms with Crippen molar-refractivity contribution in [1.29, 1.82) is 0 Å². The van der Waals surface area contributed by atoms with Gasteiger partial charge in [0.05, 0.1) is 6.10 Å². The summed E-state index contributed by atoms with van der Waals surface area (Å²) in [6, 6.07) is 5.97. The molecule has 5 rings (SSSR count). The summed E-state index contributed by atoms with van der Waals surface area (Å²) in [5.74, 6) is 1.45. The van der Waals surface area contributed by atoms with E-state index >= 15 is 0 Å². The Labute approximate surface area is 185 Å². The molecule has 0 spiro atoms. The van der Waals surface area contributed by atoms with Crippen molar-refractivity contribution in [3.8, 4) is 0 Å². The van der Waals surface area contributed by atoms with E-state index in [0.29, 0.717) is 23.5 Å². The Balaban J connectivity index is 1.61. The van der Waals surface area contributed by atoms with Crippen LogP contribution >= 0.6 is 0 Å². The van der Waals surface area contributed by atoms with Crippen LogP contribution in [0.3, 0.4) is 0 Å². The van der Waals surface area contributed by atoms with Crippen molar-refractivity contribution in [1.82, 2.24) is 0 Å². The average molecular weight is 426 g/mol. The third kappa shape index (κ3) is 2.62. The monoisotopic (exact) mass is 425 g/mol. The highest BCUT2D eigenvalue weighted by atomic mass is 16.4. The Kier molecular flexibility index (Phi) is 4.87. The first-order valence-corrected chi connectivity index (χ1v) is 12.0. The predicted molar refractivity (Wildman–Crippen MR) is 119 cm³/mol. The molecule has 0 bridgehead atoms. The third-order valence-electron chi connectivity index (χ3n) is 10.1. The molecular weight excluding hydrogens is 388 g/mol. The number of allylic oxidation sites excluding steroid dienone is 1. The molecule has 0 saturated heterocycles. The summed E-state index contributed by atoms with van der Waals surface area (Å²) >= 11 is 0. The van der Waals surface area contributed by atoms with Gasteiger partial charge in [-0.25, -0.2) is 0 Å². The second-order valence-corrected chi connectivity index (χ2v) is 11.1. The molecule has 0 aliphatic heterocycles. The highest BCUT2D eigenvalue weighted by Gasteiger charge is 2.74. The summed E-state index contributed by atoms with van der Waals surface area (Å²) in [5.41, 5.74) is 1.28. The van der Waals surface area contributed by atoms with E-state index in [2.05, 4.69) is 29.6 Å². The molecule has 1 aromatic rings. The summed E-state index contributed by atoms with van der Waals surface area (Å²) in [6.07, 6.45) is 12.3. The second-order valence-electron chi connectivity index (χ2n) is 11.1. The van der Waals surface area contributed by atoms with Gasteiger partial charge in [-0.2, -0.15) is 4.57 Å². The summed E-state index contributed by atoms with van der Waals surface area (Å²) in [5, 5.41) is 35.5. The molecule has 5 heteroatoms. The second kappa shape index (κ2) is 7.14. The van der Waals surface area contributed by atoms with Gasteiger partial charge in [-0.05, 0) is 75.0 Å². The molecule has 3 fully saturated rings. The Morgan fingerprint density at radius 1 is 1.06 bits per heavy atom. The van der Waals surface area contributed by atoms with Crippen LogP contribution in [0.2, 0.25) is 0 Å². The molecule has 5 nitrogen and oxygen atoms in total. The van der Waals surface area contributed by atoms with Gasteiger partial charge in [0.15, 0.2) is 12.4 Å². The first-order valence-electron chi connectivity index (χ1n) is 12.0. The molecule has 0 unspecified atom stereocenters. The van der Waals surface area contributed by atoms with Crippen molar-refractivity contribution in [2.75, 3.05) is 0 Å². The summed E-state index contributed by atoms with van der Waals surface area (Å²) in [4.78, 5) is 0. The lowest BCUT2D eigenvalue weighted by Gasteiger charge is -2.58. The highest BCUT2D eigenvalue weighted by Crippen LogP contribution is 2.68. The summed E-state index contributed by atoms with van der Waals surface area (Å²) < 4.78 is 2.11. The summed E-state index contributed by atoms with van der Waals surface area (Å²) in [7, 11) is 0. The largest absolute Gasteiger partial charge is 0.411 e. The Morgan fingerprint density at radius 2 is 1.81 bits per heavy atom. The van der Waals surface area contributed by atoms with Crippen LogP contribution in [0, 0.1) is 28.6 Å². The minimum absolute atomic E-state index is 0.166. The number of pyridine rings is 1. The molecule has 4 aliphatic rings. The quantitative estimate of drug-likeness (QED) is 0.222. The molecule has 1 heterocycles. The molecule has 3 N–H and O–H groups in total. The van der Waals surface area contributed by atoms with E-state index in [0.717, 1.165) is 44.9 Å². The lowest BCUT2D eigenvalue weighted by atomic mass is 9.46. The lowest BCUT2D eigenvalue weighted by molar-refractivity contribution is -0.766. The van der Waals surface area contributed by atoms with Crippen LogP contribution in [0.15, 0.2) is 47.4 Å². The SMILES string of the molecule is C/C(=N/O)[C@@]1([n+]2ccccc2)[C@H](O)C[C@@H]2[C@@H]3CC=C4C[C@H](O)CC[C@]4(C)[C@H]3CC[C@]21C. The van der Waals surface area contributed by atoms with Gasteiger partial charge in [0.2, 0.25) is 5.54 Å². The smallest absolute Gasteiger partial charge is 0.239 e. The first-order chi connectivity index (χ1) is 14.8. The maximum absolute atomic E-state index is 11.7. The molecule has 31 heavy (non-hydrogen) atoms. The van der Waals surface area contributed by atoms with Crippen molar-refractivity contribution < 1.29 is 20.0 Å². The molecule has 1 aromatic heterocycles. The van der Waals surface area contributed by atoms with Crippen molar-refractivity contribution in [2.45, 2.75) is 83.5 Å². The molecule has 8 atom stereocenters. The Hall–Kier alpha value is -1.72. The van der Waals surface area contributed by atoms with Gasteiger partial charge in [0, 0.05) is 17.5 Å². The molecule has 4 aliphatic carbocycles. The number of nitrogens with zero attached hydrogens (tertiary/aromatic N) is 2. The number of oxime groups is 1. The number of rotatable bonds is 2. The van der Waals surface area contributed by atoms with Gasteiger partial charge in [0.25, 0.3) is 0 Å². The van der Waals surface area contributed by atoms with Crippen molar-refractivity contribution in [3.05, 3.63) is 42.2 Å². The van der Waals surface area contributed by atoms with E-state index in [9.17, 15) is 15.4 Å². The standard InChI is InChI=1S/C26H36N2O3/c1-17(27-31)26(28-13-5-4-6-14-28)23(30)16-22-20-8-7-18-15-19(29)9-11-24(18,2)21(20)10-12-25(22,26)3/h4-7,13-14,19-23,29-30H,8-12,15-16H2,1-3H3/p+1/b27-17-/t19-,20-,21+,22-,23-,24+,25-,26-/m1/s1. The van der Waals surface area contributed by atoms with Gasteiger partial charge in [0.1, 0.15) is 11.8 Å². The van der Waals surface area contributed by atoms with Crippen molar-refractivity contribution >= 4 is 5.71 Å². The van der Waals surface area contributed by atoms with E-state index in [4.69, 9.17) is 0 Å². The maximum atomic E-state index is 11.7. The molecule has 3 saturated carbocycles. The van der Waals surface area contributed by atoms with Gasteiger partial charge < -0.3 is 15.4 Å². The van der Waals surface area contributed by atoms with E-state index < -0.39 is 11.6 Å². The van der Waals surface area contributed by atoms with E-state index in [1.807, 2.05) is 37.5 Å². The van der Waals surface area contributed by atoms with Crippen LogP contribution < -0.4 is 4.57 Å². The van der Waals surface area contributed by atoms with Gasteiger partial charge in [-0.3, -0.25) is 0 Å². The van der Waals surface area contributed by atoms with Crippen LogP contribution in [0.4, 0.5) is 0 Å². The first kappa shape index (κ1) is 21.1. The van der Waals surface area contributed by atoms with Gasteiger partial charge in [-0.1, -0.05) is 36.7 Å². The molecule has 0 amide bonds. The van der Waals surface area contributed by atoms with Crippen LogP contribution in [0.25, 0.3) is 0 Å². The summed E-state index contributed by atoms with van der Waals surface area (Å²) in [6.45, 7) is 6.62. The third-order valence-corrected chi connectivity index (χ3v) is 10.1. The van der Waals surface area contributed by atoms with E-state index in [-0.39, 0.29) is 16.9 Å². The topological polar surface area (TPSA) is 76.9 Å². The molecular formula is C26H37N2O3+. The van der Waals surface area contributed by atoms with Crippen LogP contribution in [0.5, 0.6) is 0 Å². The van der Waals surface area contributed by atoms with Gasteiger partial charge in [-0.15, -0.1) is 0 Å². The number of fused-ring (bicyclic) bond motifs is 5. The zero-order chi connectivity index (χ0) is 22.0. The van der Waals surface area contributed by atoms with Crippen molar-refractivity contribution in [2.24, 2.45) is 33.7 Å². The number of hydrogen-bond acceptors (Lipinski definition) is 4. The highest BCUT2D eigenvalue weighted by molar-refractivity contribution is 5.89. The normalized spacial score (nSPS) is 47.2. The van der Waals surface area contributed by atoms with E-state index in [1.54, 1.807) is 0 Å². The Bertz CT molecular complexity index is 914. The minimum atomic E-state index is -0.744. The maximum Gasteiger partial charge on any atom is 0.239 e. The Morgan fingerprint density at radius 3 is 2.52 bits per heavy atom. The number of hydrogen-bond donors (Lipinski definition) is 3. The zero-order valence-corrected chi connectivity index (χ0v) is 19.0. The van der Waals surface area contributed by atoms with Crippen LogP contribution in [-0.2, 0) is 5.54 Å². The fourth-order valence-electron chi connectivity index (χ4n) is 8.68. The minimum Gasteiger partial charge on any atom is -0.411 e. The predicted octanol–water partition coefficient (Wildman–Crippen LogP) is 3.81. The van der Waals surface area contributed by atoms with Crippen LogP contribution in [0.1, 0.15) is 65.7 Å².